The van der Waals surface area contributed by atoms with Crippen LogP contribution in [-0.4, -0.2) is 9.67 Å². The number of allylic oxidation sites excluding steroid dienone is 1. The minimum absolute atomic E-state index is 0.277. The molecule has 1 atom stereocenters. The Labute approximate surface area is 200 Å². The largest absolute Gasteiger partial charge is 0.513 e. The fourth-order valence-electron chi connectivity index (χ4n) is 5.58. The molecule has 33 heavy (non-hydrogen) atoms. The van der Waals surface area contributed by atoms with Crippen molar-refractivity contribution in [1.82, 2.24) is 4.57 Å². The van der Waals surface area contributed by atoms with Crippen molar-refractivity contribution in [3.63, 3.8) is 0 Å². The fourth-order valence-corrected chi connectivity index (χ4v) is 5.58. The molecule has 2 heteroatoms. The molecule has 0 saturated carbocycles. The van der Waals surface area contributed by atoms with Crippen LogP contribution in [0.2, 0.25) is 0 Å². The molecule has 1 heterocycles. The summed E-state index contributed by atoms with van der Waals surface area (Å²) in [6, 6.07) is 22.3. The predicted molar refractivity (Wildman–Crippen MR) is 140 cm³/mol. The Morgan fingerprint density at radius 2 is 1.76 bits per heavy atom. The Kier molecular flexibility index (Phi) is 7.12. The lowest BCUT2D eigenvalue weighted by atomic mass is 9.66. The van der Waals surface area contributed by atoms with Crippen LogP contribution in [0.3, 0.4) is 0 Å². The van der Waals surface area contributed by atoms with Crippen LogP contribution in [0.25, 0.3) is 16.9 Å². The van der Waals surface area contributed by atoms with Crippen LogP contribution >= 0.6 is 0 Å². The molecule has 0 saturated heterocycles. The van der Waals surface area contributed by atoms with E-state index in [2.05, 4.69) is 92.6 Å². The zero-order valence-electron chi connectivity index (χ0n) is 20.6. The summed E-state index contributed by atoms with van der Waals surface area (Å²) in [5.74, 6) is 1.03. The van der Waals surface area contributed by atoms with E-state index in [4.69, 9.17) is 0 Å². The molecule has 0 spiro atoms. The molecule has 1 aliphatic rings. The molecule has 0 radical (unpaired) electrons. The Hall–Kier alpha value is -2.74. The van der Waals surface area contributed by atoms with Gasteiger partial charge < -0.3 is 9.67 Å². The SMILES string of the molecule is C=C(O)CCCc1ccc(-n2c(-c3ccccc3)cc3c2CCC(C(C)(CC)CC)C3)cc1. The predicted octanol–water partition coefficient (Wildman–Crippen LogP) is 8.47. The Morgan fingerprint density at radius 1 is 1.06 bits per heavy atom. The lowest BCUT2D eigenvalue weighted by Gasteiger charge is -2.39. The van der Waals surface area contributed by atoms with Crippen molar-refractivity contribution in [2.45, 2.75) is 72.1 Å². The van der Waals surface area contributed by atoms with Gasteiger partial charge in [0.1, 0.15) is 0 Å². The second-order valence-corrected chi connectivity index (χ2v) is 10.1. The van der Waals surface area contributed by atoms with Gasteiger partial charge >= 0.3 is 0 Å². The first-order valence-corrected chi connectivity index (χ1v) is 12.7. The molecule has 1 unspecified atom stereocenters. The van der Waals surface area contributed by atoms with E-state index >= 15 is 0 Å². The van der Waals surface area contributed by atoms with Gasteiger partial charge in [-0.15, -0.1) is 0 Å². The summed E-state index contributed by atoms with van der Waals surface area (Å²) < 4.78 is 2.51. The zero-order chi connectivity index (χ0) is 23.4. The van der Waals surface area contributed by atoms with Crippen molar-refractivity contribution in [1.29, 1.82) is 0 Å². The summed E-state index contributed by atoms with van der Waals surface area (Å²) in [6.45, 7) is 10.8. The number of aryl methyl sites for hydroxylation is 1. The first-order valence-electron chi connectivity index (χ1n) is 12.7. The quantitative estimate of drug-likeness (QED) is 0.331. The number of hydrogen-bond donors (Lipinski definition) is 1. The molecule has 4 rings (SSSR count). The Morgan fingerprint density at radius 3 is 2.39 bits per heavy atom. The maximum Gasteiger partial charge on any atom is 0.0851 e. The second-order valence-electron chi connectivity index (χ2n) is 10.1. The molecule has 0 fully saturated rings. The molecular formula is C31H39NO. The number of hydrogen-bond acceptors (Lipinski definition) is 1. The van der Waals surface area contributed by atoms with Crippen LogP contribution in [0.15, 0.2) is 73.0 Å². The molecule has 174 valence electrons. The zero-order valence-corrected chi connectivity index (χ0v) is 20.6. The first-order chi connectivity index (χ1) is 15.9. The maximum atomic E-state index is 9.35. The Balaban J connectivity index is 1.69. The van der Waals surface area contributed by atoms with Gasteiger partial charge in [-0.1, -0.05) is 82.7 Å². The number of benzene rings is 2. The van der Waals surface area contributed by atoms with Crippen LogP contribution in [-0.2, 0) is 19.3 Å². The lowest BCUT2D eigenvalue weighted by molar-refractivity contribution is 0.150. The molecule has 1 N–H and O–H groups in total. The topological polar surface area (TPSA) is 25.2 Å². The van der Waals surface area contributed by atoms with E-state index in [0.717, 1.165) is 25.2 Å². The van der Waals surface area contributed by atoms with Gasteiger partial charge in [0.2, 0.25) is 0 Å². The summed E-state index contributed by atoms with van der Waals surface area (Å²) >= 11 is 0. The monoisotopic (exact) mass is 441 g/mol. The molecule has 3 aromatic rings. The lowest BCUT2D eigenvalue weighted by Crippen LogP contribution is -2.31. The summed E-state index contributed by atoms with van der Waals surface area (Å²) in [7, 11) is 0. The van der Waals surface area contributed by atoms with Gasteiger partial charge in [0.25, 0.3) is 0 Å². The number of aromatic nitrogens is 1. The van der Waals surface area contributed by atoms with E-state index in [1.807, 2.05) is 0 Å². The van der Waals surface area contributed by atoms with Gasteiger partial charge in [-0.05, 0) is 78.3 Å². The minimum Gasteiger partial charge on any atom is -0.513 e. The molecule has 1 aliphatic carbocycles. The minimum atomic E-state index is 0.277. The van der Waals surface area contributed by atoms with Gasteiger partial charge in [0, 0.05) is 17.8 Å². The van der Waals surface area contributed by atoms with Crippen LogP contribution in [0, 0.1) is 11.3 Å². The molecule has 2 nitrogen and oxygen atoms in total. The third-order valence-electron chi connectivity index (χ3n) is 8.18. The number of fused-ring (bicyclic) bond motifs is 1. The maximum absolute atomic E-state index is 9.35. The molecule has 2 aromatic carbocycles. The molecule has 1 aromatic heterocycles. The highest BCUT2D eigenvalue weighted by molar-refractivity contribution is 5.66. The van der Waals surface area contributed by atoms with Gasteiger partial charge in [0.05, 0.1) is 11.5 Å². The van der Waals surface area contributed by atoms with Crippen molar-refractivity contribution in [2.75, 3.05) is 0 Å². The van der Waals surface area contributed by atoms with Crippen molar-refractivity contribution in [2.24, 2.45) is 11.3 Å². The van der Waals surface area contributed by atoms with E-state index in [9.17, 15) is 5.11 Å². The highest BCUT2D eigenvalue weighted by atomic mass is 16.3. The third-order valence-corrected chi connectivity index (χ3v) is 8.18. The van der Waals surface area contributed by atoms with Gasteiger partial charge in [-0.3, -0.25) is 0 Å². The average Bonchev–Trinajstić information content (AvgIpc) is 3.23. The molecular weight excluding hydrogens is 402 g/mol. The van der Waals surface area contributed by atoms with Crippen molar-refractivity contribution in [3.05, 3.63) is 89.8 Å². The fraction of sp³-hybridized carbons (Fsp3) is 0.419. The van der Waals surface area contributed by atoms with Crippen LogP contribution in [0.1, 0.15) is 69.7 Å². The standard InChI is InChI=1S/C31H39NO/c1-5-31(4,6-2)27-17-20-29-26(21-27)22-30(25-13-8-7-9-14-25)32(29)28-18-15-24(16-19-28)12-10-11-23(3)33/h7-9,13-16,18-19,22,27,33H,3,5-6,10-12,17,20-21H2,1-2,4H3. The van der Waals surface area contributed by atoms with Crippen LogP contribution in [0.5, 0.6) is 0 Å². The van der Waals surface area contributed by atoms with Crippen molar-refractivity contribution in [3.8, 4) is 16.9 Å². The number of rotatable bonds is 9. The number of aliphatic hydroxyl groups excluding tert-OH is 1. The van der Waals surface area contributed by atoms with Gasteiger partial charge in [0.15, 0.2) is 0 Å². The van der Waals surface area contributed by atoms with E-state index in [1.54, 1.807) is 0 Å². The summed E-state index contributed by atoms with van der Waals surface area (Å²) in [5.41, 5.74) is 8.59. The van der Waals surface area contributed by atoms with Crippen LogP contribution < -0.4 is 0 Å². The average molecular weight is 442 g/mol. The van der Waals surface area contributed by atoms with Gasteiger partial charge in [-0.2, -0.15) is 0 Å². The smallest absolute Gasteiger partial charge is 0.0851 e. The van der Waals surface area contributed by atoms with E-state index < -0.39 is 0 Å². The third kappa shape index (κ3) is 4.95. The molecule has 0 bridgehead atoms. The highest BCUT2D eigenvalue weighted by Gasteiger charge is 2.35. The van der Waals surface area contributed by atoms with Crippen LogP contribution in [0.4, 0.5) is 0 Å². The number of nitrogens with zero attached hydrogens (tertiary/aromatic N) is 1. The molecule has 0 aliphatic heterocycles. The van der Waals surface area contributed by atoms with Crippen molar-refractivity contribution >= 4 is 0 Å². The van der Waals surface area contributed by atoms with Gasteiger partial charge in [-0.25, -0.2) is 0 Å². The van der Waals surface area contributed by atoms with E-state index in [-0.39, 0.29) is 5.76 Å². The molecule has 0 amide bonds. The summed E-state index contributed by atoms with van der Waals surface area (Å²) in [4.78, 5) is 0. The normalized spacial score (nSPS) is 15.9. The highest BCUT2D eigenvalue weighted by Crippen LogP contribution is 2.44. The van der Waals surface area contributed by atoms with Crippen molar-refractivity contribution < 1.29 is 5.11 Å². The second kappa shape index (κ2) is 10.0. The number of aliphatic hydroxyl groups is 1. The van der Waals surface area contributed by atoms with E-state index in [1.165, 1.54) is 59.4 Å². The summed E-state index contributed by atoms with van der Waals surface area (Å²) in [5, 5.41) is 9.35. The van der Waals surface area contributed by atoms with E-state index in [0.29, 0.717) is 11.8 Å². The Bertz CT molecular complexity index is 1070. The summed E-state index contributed by atoms with van der Waals surface area (Å²) in [6.07, 6.45) is 8.66. The first kappa shape index (κ1) is 23.4.